The molecule has 0 spiro atoms. The quantitative estimate of drug-likeness (QED) is 0.0507. The summed E-state index contributed by atoms with van der Waals surface area (Å²) in [7, 11) is -4.52. The fourth-order valence-electron chi connectivity index (χ4n) is 5.80. The lowest BCUT2D eigenvalue weighted by Gasteiger charge is -2.50. The summed E-state index contributed by atoms with van der Waals surface area (Å²) in [5.41, 5.74) is 3.42. The maximum Gasteiger partial charge on any atom is 0.259 e. The molecule has 1 heterocycles. The Morgan fingerprint density at radius 2 is 1.92 bits per heavy atom. The number of likely N-dealkylation sites (tertiary alicyclic amines) is 1. The van der Waals surface area contributed by atoms with Crippen LogP contribution in [0.15, 0.2) is 34.8 Å². The molecule has 11 nitrogen and oxygen atoms in total. The SMILES string of the molecule is CC1=C(CC=O)C(S(=O)(=O)N(N)C(=O)CCCCCCN=CNN)C(CO)(N2CCCC2)c2ccccc21. The Balaban J connectivity index is 1.93. The second-order valence-corrected chi connectivity index (χ2v) is 11.7. The van der Waals surface area contributed by atoms with E-state index in [1.807, 2.05) is 29.2 Å². The largest absolute Gasteiger partial charge is 0.394 e. The molecule has 2 aliphatic rings. The molecular formula is C26H40N6O5S. The zero-order valence-corrected chi connectivity index (χ0v) is 22.8. The van der Waals surface area contributed by atoms with E-state index in [4.69, 9.17) is 11.7 Å². The van der Waals surface area contributed by atoms with E-state index in [1.54, 1.807) is 6.92 Å². The first-order chi connectivity index (χ1) is 18.3. The van der Waals surface area contributed by atoms with Crippen molar-refractivity contribution in [2.45, 2.75) is 69.1 Å². The average Bonchev–Trinajstić information content (AvgIpc) is 3.46. The number of amides is 1. The van der Waals surface area contributed by atoms with Gasteiger partial charge in [0.1, 0.15) is 11.5 Å². The van der Waals surface area contributed by atoms with Crippen LogP contribution >= 0.6 is 0 Å². The van der Waals surface area contributed by atoms with Crippen molar-refractivity contribution in [1.29, 1.82) is 0 Å². The number of aliphatic imine (C=N–C) groups is 1. The number of aliphatic hydroxyl groups excluding tert-OH is 1. The van der Waals surface area contributed by atoms with Crippen LogP contribution in [-0.4, -0.2) is 72.9 Å². The Morgan fingerprint density at radius 3 is 2.58 bits per heavy atom. The Kier molecular flexibility index (Phi) is 10.6. The summed E-state index contributed by atoms with van der Waals surface area (Å²) in [5, 5.41) is 9.58. The first kappa shape index (κ1) is 29.9. The molecule has 1 fully saturated rings. The van der Waals surface area contributed by atoms with Gasteiger partial charge in [0.2, 0.25) is 0 Å². The molecule has 1 aliphatic carbocycles. The highest BCUT2D eigenvalue weighted by molar-refractivity contribution is 7.90. The first-order valence-electron chi connectivity index (χ1n) is 13.1. The minimum absolute atomic E-state index is 0.0335. The van der Waals surface area contributed by atoms with E-state index >= 15 is 0 Å². The number of nitrogens with two attached hydrogens (primary N) is 2. The van der Waals surface area contributed by atoms with E-state index < -0.39 is 33.3 Å². The highest BCUT2D eigenvalue weighted by Crippen LogP contribution is 2.50. The van der Waals surface area contributed by atoms with Crippen molar-refractivity contribution in [3.63, 3.8) is 0 Å². The molecule has 1 aromatic carbocycles. The van der Waals surface area contributed by atoms with Crippen LogP contribution < -0.4 is 17.1 Å². The lowest BCUT2D eigenvalue weighted by Crippen LogP contribution is -2.64. The number of hydrazine groups is 2. The Labute approximate surface area is 224 Å². The Hall–Kier alpha value is -2.64. The number of hydrogen-bond donors (Lipinski definition) is 4. The second-order valence-electron chi connectivity index (χ2n) is 9.82. The van der Waals surface area contributed by atoms with Gasteiger partial charge in [-0.25, -0.2) is 20.1 Å². The molecule has 1 aliphatic heterocycles. The third kappa shape index (κ3) is 5.84. The van der Waals surface area contributed by atoms with Gasteiger partial charge in [-0.15, -0.1) is 0 Å². The van der Waals surface area contributed by atoms with E-state index in [0.717, 1.165) is 31.2 Å². The number of fused-ring (bicyclic) bond motifs is 1. The van der Waals surface area contributed by atoms with Crippen molar-refractivity contribution in [3.8, 4) is 0 Å². The van der Waals surface area contributed by atoms with E-state index in [2.05, 4.69) is 10.4 Å². The molecule has 1 amide bonds. The molecule has 2 unspecified atom stereocenters. The van der Waals surface area contributed by atoms with Gasteiger partial charge in [0.25, 0.3) is 15.9 Å². The van der Waals surface area contributed by atoms with Gasteiger partial charge >= 0.3 is 0 Å². The van der Waals surface area contributed by atoms with E-state index in [9.17, 15) is 23.1 Å². The highest BCUT2D eigenvalue weighted by atomic mass is 32.2. The standard InChI is InChI=1S/C26H40N6O5S/c1-20-21-10-5-6-11-23(21)26(18-34,31-15-8-9-16-31)25(22(20)13-17-33)38(36,37)32(28)24(35)12-4-2-3-7-14-29-19-30-27/h5-6,10-11,17,19,25,34H,2-4,7-9,12-16,18,27-28H2,1H3,(H,29,30). The van der Waals surface area contributed by atoms with Crippen LogP contribution in [0.4, 0.5) is 0 Å². The lowest BCUT2D eigenvalue weighted by atomic mass is 9.72. The van der Waals surface area contributed by atoms with Gasteiger partial charge in [-0.1, -0.05) is 37.1 Å². The van der Waals surface area contributed by atoms with Crippen molar-refractivity contribution in [3.05, 3.63) is 41.0 Å². The number of nitrogens with zero attached hydrogens (tertiary/aromatic N) is 3. The van der Waals surface area contributed by atoms with Crippen LogP contribution in [-0.2, 0) is 25.2 Å². The number of rotatable bonds is 14. The fraction of sp³-hybridized carbons (Fsp3) is 0.577. The van der Waals surface area contributed by atoms with Gasteiger partial charge < -0.3 is 15.3 Å². The van der Waals surface area contributed by atoms with Gasteiger partial charge in [0.15, 0.2) is 0 Å². The summed E-state index contributed by atoms with van der Waals surface area (Å²) in [6, 6.07) is 7.36. The number of carbonyl (C=O) groups excluding carboxylic acids is 2. The van der Waals surface area contributed by atoms with E-state index in [0.29, 0.717) is 59.9 Å². The van der Waals surface area contributed by atoms with Crippen LogP contribution in [0.25, 0.3) is 5.57 Å². The summed E-state index contributed by atoms with van der Waals surface area (Å²) >= 11 is 0. The summed E-state index contributed by atoms with van der Waals surface area (Å²) in [4.78, 5) is 30.8. The third-order valence-electron chi connectivity index (χ3n) is 7.66. The maximum absolute atomic E-state index is 14.2. The predicted molar refractivity (Wildman–Crippen MR) is 147 cm³/mol. The molecule has 0 bridgehead atoms. The molecule has 0 aromatic heterocycles. The van der Waals surface area contributed by atoms with Crippen LogP contribution in [0, 0.1) is 0 Å². The average molecular weight is 549 g/mol. The molecular weight excluding hydrogens is 508 g/mol. The molecule has 2 atom stereocenters. The number of aldehydes is 1. The third-order valence-corrected chi connectivity index (χ3v) is 9.68. The zero-order valence-electron chi connectivity index (χ0n) is 22.0. The van der Waals surface area contributed by atoms with Gasteiger partial charge in [-0.3, -0.25) is 14.7 Å². The van der Waals surface area contributed by atoms with Crippen LogP contribution in [0.3, 0.4) is 0 Å². The first-order valence-corrected chi connectivity index (χ1v) is 14.6. The second kappa shape index (κ2) is 13.4. The molecule has 1 aromatic rings. The maximum atomic E-state index is 14.2. The number of benzene rings is 1. The van der Waals surface area contributed by atoms with Crippen LogP contribution in [0.5, 0.6) is 0 Å². The van der Waals surface area contributed by atoms with Crippen molar-refractivity contribution in [1.82, 2.24) is 14.7 Å². The Bertz CT molecular complexity index is 1150. The normalized spacial score (nSPS) is 22.1. The zero-order chi connectivity index (χ0) is 27.8. The van der Waals surface area contributed by atoms with Crippen molar-refractivity contribution in [2.24, 2.45) is 16.7 Å². The Morgan fingerprint density at radius 1 is 1.24 bits per heavy atom. The number of nitrogens with one attached hydrogen (secondary N) is 1. The predicted octanol–water partition coefficient (Wildman–Crippen LogP) is 1.19. The minimum atomic E-state index is -4.52. The number of aliphatic hydroxyl groups is 1. The van der Waals surface area contributed by atoms with Gasteiger partial charge in [0.05, 0.1) is 18.5 Å². The summed E-state index contributed by atoms with van der Waals surface area (Å²) in [6.07, 6.45) is 6.41. The summed E-state index contributed by atoms with van der Waals surface area (Å²) in [5.74, 6) is 10.5. The van der Waals surface area contributed by atoms with E-state index in [1.165, 1.54) is 6.34 Å². The van der Waals surface area contributed by atoms with Crippen molar-refractivity contribution in [2.75, 3.05) is 26.2 Å². The number of allylic oxidation sites excluding steroid dienone is 1. The smallest absolute Gasteiger partial charge is 0.259 e. The van der Waals surface area contributed by atoms with Gasteiger partial charge in [-0.05, 0) is 68.0 Å². The molecule has 0 radical (unpaired) electrons. The lowest BCUT2D eigenvalue weighted by molar-refractivity contribution is -0.126. The molecule has 1 saturated heterocycles. The van der Waals surface area contributed by atoms with Crippen LogP contribution in [0.1, 0.15) is 69.4 Å². The molecule has 0 saturated carbocycles. The van der Waals surface area contributed by atoms with E-state index in [-0.39, 0.29) is 12.8 Å². The summed E-state index contributed by atoms with van der Waals surface area (Å²) in [6.45, 7) is 3.04. The molecule has 12 heteroatoms. The molecule has 38 heavy (non-hydrogen) atoms. The minimum Gasteiger partial charge on any atom is -0.394 e. The van der Waals surface area contributed by atoms with Crippen molar-refractivity contribution >= 4 is 34.1 Å². The van der Waals surface area contributed by atoms with Crippen LogP contribution in [0.2, 0.25) is 0 Å². The number of sulfonamides is 1. The molecule has 210 valence electrons. The summed E-state index contributed by atoms with van der Waals surface area (Å²) < 4.78 is 28.7. The van der Waals surface area contributed by atoms with Gasteiger partial charge in [-0.2, -0.15) is 4.41 Å². The number of hydrogen-bond acceptors (Lipinski definition) is 9. The molecule has 6 N–H and O–H groups in total. The van der Waals surface area contributed by atoms with Gasteiger partial charge in [0, 0.05) is 19.4 Å². The van der Waals surface area contributed by atoms with Crippen molar-refractivity contribution < 1.29 is 23.1 Å². The highest BCUT2D eigenvalue weighted by Gasteiger charge is 2.58. The number of unbranched alkanes of at least 4 members (excludes halogenated alkanes) is 3. The fourth-order valence-corrected chi connectivity index (χ4v) is 7.88. The number of carbonyl (C=O) groups is 2. The molecule has 3 rings (SSSR count). The topological polar surface area (TPSA) is 171 Å². The monoisotopic (exact) mass is 548 g/mol.